The maximum atomic E-state index is 13.9. The first-order chi connectivity index (χ1) is 17.9. The van der Waals surface area contributed by atoms with Gasteiger partial charge in [-0.05, 0) is 19.1 Å². The third kappa shape index (κ3) is 5.62. The maximum absolute atomic E-state index is 13.9. The Morgan fingerprint density at radius 3 is 2.66 bits per heavy atom. The van der Waals surface area contributed by atoms with Crippen molar-refractivity contribution in [3.8, 4) is 23.2 Å². The zero-order chi connectivity index (χ0) is 27.7. The minimum atomic E-state index is -2.10. The van der Waals surface area contributed by atoms with Crippen LogP contribution in [0.15, 0.2) is 30.6 Å². The van der Waals surface area contributed by atoms with Crippen LogP contribution in [0.25, 0.3) is 11.4 Å². The van der Waals surface area contributed by atoms with Crippen molar-refractivity contribution in [1.29, 1.82) is 5.26 Å². The predicted molar refractivity (Wildman–Crippen MR) is 132 cm³/mol. The number of hydrogen-bond donors (Lipinski definition) is 4. The highest BCUT2D eigenvalue weighted by atomic mass is 19.1. The second-order valence-corrected chi connectivity index (χ2v) is 8.71. The molecule has 4 N–H and O–H groups in total. The molecule has 1 aromatic carbocycles. The Balaban J connectivity index is 1.67. The summed E-state index contributed by atoms with van der Waals surface area (Å²) in [5.41, 5.74) is -3.43. The van der Waals surface area contributed by atoms with Crippen molar-refractivity contribution in [2.45, 2.75) is 18.2 Å². The summed E-state index contributed by atoms with van der Waals surface area (Å²) in [7, 11) is 8.66. The van der Waals surface area contributed by atoms with Gasteiger partial charge in [-0.2, -0.15) is 10.4 Å². The van der Waals surface area contributed by atoms with Gasteiger partial charge in [0, 0.05) is 13.1 Å². The summed E-state index contributed by atoms with van der Waals surface area (Å²) in [5, 5.41) is 38.3. The third-order valence-electron chi connectivity index (χ3n) is 5.31. The number of alkyl halides is 1. The van der Waals surface area contributed by atoms with E-state index in [1.165, 1.54) is 30.3 Å². The van der Waals surface area contributed by atoms with Gasteiger partial charge in [-0.3, -0.25) is 14.8 Å². The molecule has 14 nitrogen and oxygen atoms in total. The topological polar surface area (TPSA) is 183 Å². The van der Waals surface area contributed by atoms with E-state index in [4.69, 9.17) is 17.8 Å². The molecule has 38 heavy (non-hydrogen) atoms. The first kappa shape index (κ1) is 26.3. The number of aliphatic hydroxyl groups is 1. The molecule has 0 bridgehead atoms. The van der Waals surface area contributed by atoms with E-state index in [9.17, 15) is 19.1 Å². The molecular formula is C22H22BFN10O4. The average molecular weight is 520 g/mol. The second-order valence-electron chi connectivity index (χ2n) is 8.71. The molecule has 16 heteroatoms. The lowest BCUT2D eigenvalue weighted by atomic mass is 9.93. The summed E-state index contributed by atoms with van der Waals surface area (Å²) >= 11 is 0. The highest BCUT2D eigenvalue weighted by Gasteiger charge is 2.46. The van der Waals surface area contributed by atoms with Crippen LogP contribution in [0.5, 0.6) is 5.75 Å². The number of nitrogens with one attached hydrogen (secondary N) is 3. The van der Waals surface area contributed by atoms with E-state index < -0.39 is 36.3 Å². The lowest BCUT2D eigenvalue weighted by Crippen LogP contribution is -2.61. The van der Waals surface area contributed by atoms with Crippen molar-refractivity contribution in [1.82, 2.24) is 35.2 Å². The number of ether oxygens (including phenoxy) is 1. The number of para-hydroxylation sites is 1. The molecule has 3 amide bonds. The molecule has 2 aromatic heterocycles. The highest BCUT2D eigenvalue weighted by molar-refractivity contribution is 6.16. The lowest BCUT2D eigenvalue weighted by molar-refractivity contribution is 0.0442. The number of methoxy groups -OCH3 is 1. The van der Waals surface area contributed by atoms with Gasteiger partial charge in [-0.25, -0.2) is 14.2 Å². The van der Waals surface area contributed by atoms with Crippen molar-refractivity contribution in [2.75, 3.05) is 30.8 Å². The molecule has 1 unspecified atom stereocenters. The number of anilines is 3. The van der Waals surface area contributed by atoms with Crippen molar-refractivity contribution >= 4 is 37.0 Å². The van der Waals surface area contributed by atoms with Crippen molar-refractivity contribution < 1.29 is 23.8 Å². The molecule has 1 aliphatic heterocycles. The molecule has 3 aromatic rings. The number of aromatic nitrogens is 5. The van der Waals surface area contributed by atoms with Crippen molar-refractivity contribution in [3.63, 3.8) is 0 Å². The number of carbonyl (C=O) groups excluding carboxylic acids is 2. The van der Waals surface area contributed by atoms with Crippen LogP contribution in [0.4, 0.5) is 26.4 Å². The molecule has 194 valence electrons. The fourth-order valence-corrected chi connectivity index (χ4v) is 3.61. The quantitative estimate of drug-likeness (QED) is 0.255. The zero-order valence-corrected chi connectivity index (χ0v) is 20.6. The van der Waals surface area contributed by atoms with Gasteiger partial charge in [0.25, 0.3) is 5.91 Å². The maximum Gasteiger partial charge on any atom is 0.323 e. The summed E-state index contributed by atoms with van der Waals surface area (Å²) in [6.07, 6.45) is 1.53. The van der Waals surface area contributed by atoms with Crippen molar-refractivity contribution in [3.05, 3.63) is 36.3 Å². The van der Waals surface area contributed by atoms with Crippen LogP contribution >= 0.6 is 0 Å². The van der Waals surface area contributed by atoms with E-state index >= 15 is 0 Å². The number of urea groups is 1. The fraction of sp³-hybridized carbons (Fsp3) is 0.318. The van der Waals surface area contributed by atoms with Crippen LogP contribution < -0.4 is 20.7 Å². The molecule has 0 aliphatic carbocycles. The Bertz CT molecular complexity index is 1430. The minimum Gasteiger partial charge on any atom is -0.494 e. The zero-order valence-electron chi connectivity index (χ0n) is 20.6. The van der Waals surface area contributed by atoms with E-state index in [1.54, 1.807) is 25.2 Å². The second kappa shape index (κ2) is 9.94. The Labute approximate surface area is 217 Å². The Morgan fingerprint density at radius 2 is 2.05 bits per heavy atom. The lowest BCUT2D eigenvalue weighted by Gasteiger charge is -2.39. The molecule has 1 fully saturated rings. The van der Waals surface area contributed by atoms with Crippen molar-refractivity contribution in [2.24, 2.45) is 7.05 Å². The average Bonchev–Trinajstić information content (AvgIpc) is 3.26. The molecule has 3 heterocycles. The molecule has 4 rings (SSSR count). The van der Waals surface area contributed by atoms with E-state index in [1.807, 2.05) is 0 Å². The predicted octanol–water partition coefficient (Wildman–Crippen LogP) is 0.668. The number of carbonyl (C=O) groups is 2. The van der Waals surface area contributed by atoms with Gasteiger partial charge in [0.05, 0.1) is 42.8 Å². The number of nitriles is 1. The highest BCUT2D eigenvalue weighted by Crippen LogP contribution is 2.37. The van der Waals surface area contributed by atoms with Gasteiger partial charge in [0.1, 0.15) is 20.2 Å². The number of likely N-dealkylation sites (tertiary alicyclic amines) is 1. The van der Waals surface area contributed by atoms with Gasteiger partial charge in [0.2, 0.25) is 5.67 Å². The van der Waals surface area contributed by atoms with Crippen LogP contribution in [-0.2, 0) is 7.05 Å². The number of aryl methyl sites for hydroxylation is 1. The standard InChI is InChI=1S/C22H22BFN10O4/c1-21(23,37)29-19(35)16-14(7-15(30-31-16)28-20(36)34-9-22(24,8-25)10-34)27-13-6-4-5-12(17(13)38-3)18-26-11-33(2)32-18/h4-7,11,37H,9-10H2,1-3H3,(H,29,35)(H2,27,28,30,36). The minimum absolute atomic E-state index is 0.0574. The fourth-order valence-electron chi connectivity index (χ4n) is 3.61. The van der Waals surface area contributed by atoms with E-state index in [0.29, 0.717) is 22.8 Å². The number of halogens is 1. The summed E-state index contributed by atoms with van der Waals surface area (Å²) in [4.78, 5) is 30.6. The van der Waals surface area contributed by atoms with Crippen LogP contribution in [0, 0.1) is 11.3 Å². The summed E-state index contributed by atoms with van der Waals surface area (Å²) in [5.74, 6) is -0.217. The Kier molecular flexibility index (Phi) is 6.88. The number of hydrogen-bond acceptors (Lipinski definition) is 10. The van der Waals surface area contributed by atoms with Gasteiger partial charge < -0.3 is 25.4 Å². The van der Waals surface area contributed by atoms with E-state index in [2.05, 4.69) is 36.2 Å². The SMILES string of the molecule is [B]C(C)(O)NC(=O)c1nnc(NC(=O)N2CC(F)(C#N)C2)cc1Nc1cccc(-c2ncn(C)n2)c1OC. The summed E-state index contributed by atoms with van der Waals surface area (Å²) < 4.78 is 21.0. The van der Waals surface area contributed by atoms with Crippen LogP contribution in [0.3, 0.4) is 0 Å². The Hall–Kier alpha value is -4.78. The first-order valence-corrected chi connectivity index (χ1v) is 11.1. The molecule has 1 aliphatic rings. The summed E-state index contributed by atoms with van der Waals surface area (Å²) in [6.45, 7) is 0.364. The molecule has 2 radical (unpaired) electrons. The smallest absolute Gasteiger partial charge is 0.323 e. The first-order valence-electron chi connectivity index (χ1n) is 11.1. The number of nitrogens with zero attached hydrogens (tertiary/aromatic N) is 7. The molecule has 1 saturated heterocycles. The van der Waals surface area contributed by atoms with Gasteiger partial charge in [0.15, 0.2) is 23.1 Å². The number of rotatable bonds is 7. The van der Waals surface area contributed by atoms with Crippen LogP contribution in [0.1, 0.15) is 17.4 Å². The van der Waals surface area contributed by atoms with Crippen LogP contribution in [-0.4, -0.2) is 86.2 Å². The monoisotopic (exact) mass is 520 g/mol. The largest absolute Gasteiger partial charge is 0.494 e. The van der Waals surface area contributed by atoms with Gasteiger partial charge in [-0.15, -0.1) is 10.2 Å². The number of amides is 3. The van der Waals surface area contributed by atoms with E-state index in [-0.39, 0.29) is 17.2 Å². The summed E-state index contributed by atoms with van der Waals surface area (Å²) in [6, 6.07) is 7.22. The normalized spacial score (nSPS) is 15.4. The Morgan fingerprint density at radius 1 is 1.32 bits per heavy atom. The molecule has 1 atom stereocenters. The molecule has 0 spiro atoms. The van der Waals surface area contributed by atoms with Gasteiger partial charge in [-0.1, -0.05) is 6.07 Å². The molecule has 0 saturated carbocycles. The number of benzene rings is 1. The van der Waals surface area contributed by atoms with Gasteiger partial charge >= 0.3 is 6.03 Å². The molecular weight excluding hydrogens is 498 g/mol. The van der Waals surface area contributed by atoms with Crippen LogP contribution in [0.2, 0.25) is 0 Å². The third-order valence-corrected chi connectivity index (χ3v) is 5.31. The van der Waals surface area contributed by atoms with E-state index in [0.717, 1.165) is 11.8 Å².